The summed E-state index contributed by atoms with van der Waals surface area (Å²) >= 11 is 5.90. The summed E-state index contributed by atoms with van der Waals surface area (Å²) in [6, 6.07) is 14.4. The lowest BCUT2D eigenvalue weighted by atomic mass is 10.2. The molecule has 2 rings (SSSR count). The number of nitrogens with two attached hydrogens (primary N) is 1. The van der Waals surface area contributed by atoms with Gasteiger partial charge in [-0.25, -0.2) is 12.7 Å². The van der Waals surface area contributed by atoms with E-state index in [1.165, 1.54) is 4.31 Å². The number of hydrogen-bond acceptors (Lipinski definition) is 6. The van der Waals surface area contributed by atoms with Gasteiger partial charge in [-0.2, -0.15) is 0 Å². The van der Waals surface area contributed by atoms with Crippen LogP contribution in [0.5, 0.6) is 5.75 Å². The zero-order chi connectivity index (χ0) is 23.4. The molecule has 0 saturated heterocycles. The van der Waals surface area contributed by atoms with Crippen molar-refractivity contribution < 1.29 is 17.9 Å². The van der Waals surface area contributed by atoms with Crippen molar-refractivity contribution in [3.63, 3.8) is 0 Å². The van der Waals surface area contributed by atoms with Crippen molar-refractivity contribution in [1.29, 1.82) is 0 Å². The topological polar surface area (TPSA) is 93.9 Å². The van der Waals surface area contributed by atoms with Gasteiger partial charge in [0.05, 0.1) is 23.7 Å². The molecule has 0 aliphatic heterocycles. The standard InChI is InChI=1S/C23H34ClN3O4S/c1-3-4-7-18-32(28,29)27(19(2)30-16-14-25)23-9-6-5-8-22(23)26-15-17-31-21-12-10-20(24)11-13-21/h5-6,8-13,19,26H,3-4,7,14-18,25H2,1-2H3. The highest BCUT2D eigenvalue weighted by atomic mass is 35.5. The van der Waals surface area contributed by atoms with E-state index in [-0.39, 0.29) is 12.4 Å². The first kappa shape index (κ1) is 26.3. The van der Waals surface area contributed by atoms with Gasteiger partial charge in [0.25, 0.3) is 0 Å². The second-order valence-electron chi connectivity index (χ2n) is 7.32. The number of unbranched alkanes of at least 4 members (excludes halogenated alkanes) is 2. The second-order valence-corrected chi connectivity index (χ2v) is 9.73. The number of hydrogen-bond donors (Lipinski definition) is 2. The van der Waals surface area contributed by atoms with Crippen molar-refractivity contribution in [2.24, 2.45) is 5.73 Å². The number of rotatable bonds is 15. The monoisotopic (exact) mass is 483 g/mol. The van der Waals surface area contributed by atoms with E-state index in [2.05, 4.69) is 5.32 Å². The fraction of sp³-hybridized carbons (Fsp3) is 0.478. The molecule has 0 aliphatic carbocycles. The van der Waals surface area contributed by atoms with Crippen LogP contribution in [0, 0.1) is 0 Å². The van der Waals surface area contributed by atoms with Crippen LogP contribution in [0.25, 0.3) is 0 Å². The van der Waals surface area contributed by atoms with E-state index in [1.807, 2.05) is 25.1 Å². The average Bonchev–Trinajstić information content (AvgIpc) is 2.77. The minimum atomic E-state index is -3.59. The number of ether oxygens (including phenoxy) is 2. The summed E-state index contributed by atoms with van der Waals surface area (Å²) in [5.41, 5.74) is 6.79. The molecule has 0 aromatic heterocycles. The minimum Gasteiger partial charge on any atom is -0.492 e. The van der Waals surface area contributed by atoms with E-state index in [0.717, 1.165) is 12.8 Å². The zero-order valence-electron chi connectivity index (χ0n) is 18.8. The van der Waals surface area contributed by atoms with Crippen molar-refractivity contribution in [3.8, 4) is 5.75 Å². The molecule has 1 unspecified atom stereocenters. The van der Waals surface area contributed by atoms with Crippen LogP contribution >= 0.6 is 11.6 Å². The summed E-state index contributed by atoms with van der Waals surface area (Å²) in [4.78, 5) is 0. The molecule has 0 aliphatic rings. The van der Waals surface area contributed by atoms with Gasteiger partial charge in [-0.3, -0.25) is 0 Å². The van der Waals surface area contributed by atoms with Crippen molar-refractivity contribution >= 4 is 33.0 Å². The van der Waals surface area contributed by atoms with Crippen molar-refractivity contribution in [3.05, 3.63) is 53.6 Å². The quantitative estimate of drug-likeness (QED) is 0.286. The smallest absolute Gasteiger partial charge is 0.237 e. The highest BCUT2D eigenvalue weighted by Crippen LogP contribution is 2.31. The third-order valence-corrected chi connectivity index (χ3v) is 6.90. The van der Waals surface area contributed by atoms with Crippen molar-refractivity contribution in [2.75, 3.05) is 41.7 Å². The molecule has 2 aromatic rings. The molecular weight excluding hydrogens is 450 g/mol. The van der Waals surface area contributed by atoms with Gasteiger partial charge >= 0.3 is 0 Å². The van der Waals surface area contributed by atoms with Gasteiger partial charge in [0.15, 0.2) is 0 Å². The van der Waals surface area contributed by atoms with Gasteiger partial charge in [-0.15, -0.1) is 0 Å². The lowest BCUT2D eigenvalue weighted by Gasteiger charge is -2.32. The Kier molecular flexibility index (Phi) is 11.1. The Balaban J connectivity index is 2.15. The Bertz CT molecular complexity index is 910. The molecule has 9 heteroatoms. The average molecular weight is 484 g/mol. The fourth-order valence-corrected chi connectivity index (χ4v) is 5.08. The maximum absolute atomic E-state index is 13.3. The highest BCUT2D eigenvalue weighted by Gasteiger charge is 2.29. The number of anilines is 2. The van der Waals surface area contributed by atoms with Crippen LogP contribution in [0.15, 0.2) is 48.5 Å². The lowest BCUT2D eigenvalue weighted by Crippen LogP contribution is -2.42. The normalized spacial score (nSPS) is 12.4. The highest BCUT2D eigenvalue weighted by molar-refractivity contribution is 7.92. The van der Waals surface area contributed by atoms with Crippen LogP contribution in [0.1, 0.15) is 33.1 Å². The number of para-hydroxylation sites is 2. The van der Waals surface area contributed by atoms with E-state index >= 15 is 0 Å². The van der Waals surface area contributed by atoms with E-state index in [0.29, 0.717) is 48.3 Å². The van der Waals surface area contributed by atoms with E-state index in [9.17, 15) is 8.42 Å². The molecule has 0 bridgehead atoms. The van der Waals surface area contributed by atoms with E-state index in [4.69, 9.17) is 26.8 Å². The number of benzene rings is 2. The molecule has 7 nitrogen and oxygen atoms in total. The molecule has 1 atom stereocenters. The van der Waals surface area contributed by atoms with Gasteiger partial charge in [-0.05, 0) is 49.7 Å². The Hall–Kier alpha value is -2.00. The summed E-state index contributed by atoms with van der Waals surface area (Å²) in [6.45, 7) is 5.25. The number of nitrogens with zero attached hydrogens (tertiary/aromatic N) is 1. The Morgan fingerprint density at radius 1 is 1.09 bits per heavy atom. The van der Waals surface area contributed by atoms with Gasteiger partial charge in [0.1, 0.15) is 18.6 Å². The van der Waals surface area contributed by atoms with Crippen LogP contribution in [0.2, 0.25) is 5.02 Å². The second kappa shape index (κ2) is 13.5. The molecule has 3 N–H and O–H groups in total. The fourth-order valence-electron chi connectivity index (χ4n) is 3.21. The van der Waals surface area contributed by atoms with Gasteiger partial charge in [-0.1, -0.05) is 43.5 Å². The Labute approximate surface area is 196 Å². The maximum Gasteiger partial charge on any atom is 0.237 e. The Morgan fingerprint density at radius 3 is 2.50 bits per heavy atom. The number of sulfonamides is 1. The van der Waals surface area contributed by atoms with Crippen LogP contribution in [-0.4, -0.2) is 46.7 Å². The zero-order valence-corrected chi connectivity index (χ0v) is 20.4. The molecule has 0 saturated carbocycles. The summed E-state index contributed by atoms with van der Waals surface area (Å²) in [6.07, 6.45) is 1.72. The molecular formula is C23H34ClN3O4S. The Morgan fingerprint density at radius 2 is 1.81 bits per heavy atom. The summed E-state index contributed by atoms with van der Waals surface area (Å²) < 4.78 is 39.3. The largest absolute Gasteiger partial charge is 0.492 e. The molecule has 178 valence electrons. The molecule has 0 radical (unpaired) electrons. The summed E-state index contributed by atoms with van der Waals surface area (Å²) in [7, 11) is -3.59. The lowest BCUT2D eigenvalue weighted by molar-refractivity contribution is 0.0802. The van der Waals surface area contributed by atoms with Crippen LogP contribution in [-0.2, 0) is 14.8 Å². The van der Waals surface area contributed by atoms with Crippen molar-refractivity contribution in [2.45, 2.75) is 39.3 Å². The SMILES string of the molecule is CCCCCS(=O)(=O)N(c1ccccc1NCCOc1ccc(Cl)cc1)C(C)OCCN. The van der Waals surface area contributed by atoms with E-state index < -0.39 is 16.3 Å². The molecule has 0 spiro atoms. The van der Waals surface area contributed by atoms with Crippen LogP contribution in [0.3, 0.4) is 0 Å². The predicted octanol–water partition coefficient (Wildman–Crippen LogP) is 4.48. The molecule has 0 fully saturated rings. The predicted molar refractivity (Wildman–Crippen MR) is 132 cm³/mol. The number of halogens is 1. The first-order chi connectivity index (χ1) is 15.4. The number of nitrogens with one attached hydrogen (secondary N) is 1. The van der Waals surface area contributed by atoms with Crippen LogP contribution in [0.4, 0.5) is 11.4 Å². The van der Waals surface area contributed by atoms with Gasteiger partial charge < -0.3 is 20.5 Å². The van der Waals surface area contributed by atoms with Crippen molar-refractivity contribution in [1.82, 2.24) is 0 Å². The third kappa shape index (κ3) is 8.16. The molecule has 32 heavy (non-hydrogen) atoms. The first-order valence-electron chi connectivity index (χ1n) is 10.9. The minimum absolute atomic E-state index is 0.0607. The third-order valence-electron chi connectivity index (χ3n) is 4.75. The molecule has 0 heterocycles. The van der Waals surface area contributed by atoms with Crippen LogP contribution < -0.4 is 20.1 Å². The maximum atomic E-state index is 13.3. The van der Waals surface area contributed by atoms with Gasteiger partial charge in [0, 0.05) is 18.1 Å². The van der Waals surface area contributed by atoms with E-state index in [1.54, 1.807) is 37.3 Å². The van der Waals surface area contributed by atoms with Gasteiger partial charge in [0.2, 0.25) is 10.0 Å². The molecule has 0 amide bonds. The molecule has 2 aromatic carbocycles. The summed E-state index contributed by atoms with van der Waals surface area (Å²) in [5.74, 6) is 0.777. The first-order valence-corrected chi connectivity index (χ1v) is 12.9. The summed E-state index contributed by atoms with van der Waals surface area (Å²) in [5, 5.41) is 3.94.